The number of oxazole rings is 1. The third kappa shape index (κ3) is 3.15. The zero-order valence-corrected chi connectivity index (χ0v) is 12.9. The van der Waals surface area contributed by atoms with Gasteiger partial charge in [0.15, 0.2) is 0 Å². The molecule has 0 unspecified atom stereocenters. The largest absolute Gasteiger partial charge is 0.460 e. The van der Waals surface area contributed by atoms with E-state index in [-0.39, 0.29) is 5.76 Å². The average Bonchev–Trinajstić information content (AvgIpc) is 2.84. The number of aromatic nitrogens is 1. The smallest absolute Gasteiger partial charge is 0.376 e. The number of nitrogens with zero attached hydrogens (tertiary/aromatic N) is 1. The highest BCUT2D eigenvalue weighted by Crippen LogP contribution is 2.23. The second kappa shape index (κ2) is 6.18. The van der Waals surface area contributed by atoms with Crippen LogP contribution in [-0.2, 0) is 11.2 Å². The van der Waals surface area contributed by atoms with E-state index in [0.717, 1.165) is 9.13 Å². The van der Waals surface area contributed by atoms with E-state index in [1.54, 1.807) is 6.92 Å². The Morgan fingerprint density at radius 1 is 1.32 bits per heavy atom. The fraction of sp³-hybridized carbons (Fsp3) is 0.286. The molecule has 100 valence electrons. The highest BCUT2D eigenvalue weighted by atomic mass is 127. The Hall–Kier alpha value is -1.37. The van der Waals surface area contributed by atoms with Gasteiger partial charge in [-0.25, -0.2) is 9.78 Å². The summed E-state index contributed by atoms with van der Waals surface area (Å²) in [6.07, 6.45) is 0.627. The molecule has 0 aliphatic carbocycles. The SMILES string of the molecule is CCOC(=O)c1oc(-c2ccc(I)cc2)nc1CC. The number of benzene rings is 1. The van der Waals surface area contributed by atoms with Crippen LogP contribution in [0.2, 0.25) is 0 Å². The molecule has 0 atom stereocenters. The molecule has 2 aromatic rings. The molecule has 4 nitrogen and oxygen atoms in total. The Morgan fingerprint density at radius 2 is 2.00 bits per heavy atom. The standard InChI is InChI=1S/C14H14INO3/c1-3-11-12(14(17)18-4-2)19-13(16-11)9-5-7-10(15)8-6-9/h5-8H,3-4H2,1-2H3. The number of hydrogen-bond donors (Lipinski definition) is 0. The number of aryl methyl sites for hydroxylation is 1. The van der Waals surface area contributed by atoms with Crippen LogP contribution in [0.4, 0.5) is 0 Å². The minimum Gasteiger partial charge on any atom is -0.460 e. The zero-order valence-electron chi connectivity index (χ0n) is 10.8. The Morgan fingerprint density at radius 3 is 2.58 bits per heavy atom. The number of carbonyl (C=O) groups excluding carboxylic acids is 1. The van der Waals surface area contributed by atoms with Crippen LogP contribution >= 0.6 is 22.6 Å². The van der Waals surface area contributed by atoms with Crippen molar-refractivity contribution in [2.45, 2.75) is 20.3 Å². The third-order valence-electron chi connectivity index (χ3n) is 2.58. The summed E-state index contributed by atoms with van der Waals surface area (Å²) in [6, 6.07) is 7.77. The maximum absolute atomic E-state index is 11.8. The molecule has 0 saturated heterocycles. The lowest BCUT2D eigenvalue weighted by Gasteiger charge is -1.98. The van der Waals surface area contributed by atoms with Crippen molar-refractivity contribution in [2.24, 2.45) is 0 Å². The van der Waals surface area contributed by atoms with Gasteiger partial charge in [0.2, 0.25) is 11.7 Å². The average molecular weight is 371 g/mol. The van der Waals surface area contributed by atoms with Gasteiger partial charge in [-0.15, -0.1) is 0 Å². The summed E-state index contributed by atoms with van der Waals surface area (Å²) in [5.41, 5.74) is 1.48. The van der Waals surface area contributed by atoms with Crippen molar-refractivity contribution in [2.75, 3.05) is 6.61 Å². The molecule has 0 spiro atoms. The minimum atomic E-state index is -0.455. The van der Waals surface area contributed by atoms with Gasteiger partial charge in [0.05, 0.1) is 12.3 Å². The van der Waals surface area contributed by atoms with Crippen molar-refractivity contribution < 1.29 is 13.9 Å². The van der Waals surface area contributed by atoms with Gasteiger partial charge in [0, 0.05) is 9.13 Å². The van der Waals surface area contributed by atoms with Gasteiger partial charge < -0.3 is 9.15 Å². The lowest BCUT2D eigenvalue weighted by Crippen LogP contribution is -2.05. The van der Waals surface area contributed by atoms with Gasteiger partial charge in [-0.05, 0) is 60.2 Å². The molecule has 19 heavy (non-hydrogen) atoms. The number of halogens is 1. The first kappa shape index (κ1) is 14.0. The van der Waals surface area contributed by atoms with E-state index in [4.69, 9.17) is 9.15 Å². The van der Waals surface area contributed by atoms with Crippen molar-refractivity contribution in [3.63, 3.8) is 0 Å². The first-order valence-electron chi connectivity index (χ1n) is 6.08. The number of hydrogen-bond acceptors (Lipinski definition) is 4. The quantitative estimate of drug-likeness (QED) is 0.608. The summed E-state index contributed by atoms with van der Waals surface area (Å²) in [5, 5.41) is 0. The van der Waals surface area contributed by atoms with E-state index in [2.05, 4.69) is 27.6 Å². The van der Waals surface area contributed by atoms with Crippen LogP contribution in [0.3, 0.4) is 0 Å². The monoisotopic (exact) mass is 371 g/mol. The summed E-state index contributed by atoms with van der Waals surface area (Å²) < 4.78 is 11.7. The minimum absolute atomic E-state index is 0.206. The van der Waals surface area contributed by atoms with E-state index in [9.17, 15) is 4.79 Å². The molecule has 0 saturated carbocycles. The molecule has 0 N–H and O–H groups in total. The van der Waals surface area contributed by atoms with E-state index in [0.29, 0.717) is 24.6 Å². The van der Waals surface area contributed by atoms with Crippen LogP contribution < -0.4 is 0 Å². The third-order valence-corrected chi connectivity index (χ3v) is 3.30. The topological polar surface area (TPSA) is 52.3 Å². The van der Waals surface area contributed by atoms with E-state index in [1.807, 2.05) is 31.2 Å². The van der Waals surface area contributed by atoms with Crippen molar-refractivity contribution in [3.05, 3.63) is 39.3 Å². The summed E-state index contributed by atoms with van der Waals surface area (Å²) in [5.74, 6) is 0.206. The molecule has 0 aliphatic rings. The lowest BCUT2D eigenvalue weighted by molar-refractivity contribution is 0.0489. The fourth-order valence-corrected chi connectivity index (χ4v) is 2.02. The van der Waals surface area contributed by atoms with Gasteiger partial charge in [-0.2, -0.15) is 0 Å². The second-order valence-corrected chi connectivity index (χ2v) is 5.12. The Labute approximate surface area is 125 Å². The molecule has 5 heteroatoms. The number of esters is 1. The van der Waals surface area contributed by atoms with Crippen LogP contribution in [0.1, 0.15) is 30.1 Å². The molecule has 0 amide bonds. The van der Waals surface area contributed by atoms with Crippen LogP contribution in [0.25, 0.3) is 11.5 Å². The lowest BCUT2D eigenvalue weighted by atomic mass is 10.2. The molecule has 0 bridgehead atoms. The molecule has 1 heterocycles. The van der Waals surface area contributed by atoms with E-state index >= 15 is 0 Å². The fourth-order valence-electron chi connectivity index (χ4n) is 1.66. The van der Waals surface area contributed by atoms with E-state index in [1.165, 1.54) is 0 Å². The molecule has 2 rings (SSSR count). The summed E-state index contributed by atoms with van der Waals surface area (Å²) in [4.78, 5) is 16.1. The Bertz CT molecular complexity index is 575. The molecule has 0 radical (unpaired) electrons. The maximum atomic E-state index is 11.8. The first-order chi connectivity index (χ1) is 9.15. The van der Waals surface area contributed by atoms with Gasteiger partial charge >= 0.3 is 5.97 Å². The van der Waals surface area contributed by atoms with Gasteiger partial charge in [0.25, 0.3) is 0 Å². The van der Waals surface area contributed by atoms with E-state index < -0.39 is 5.97 Å². The first-order valence-corrected chi connectivity index (χ1v) is 7.16. The van der Waals surface area contributed by atoms with Crippen LogP contribution in [0.15, 0.2) is 28.7 Å². The van der Waals surface area contributed by atoms with Gasteiger partial charge in [-0.3, -0.25) is 0 Å². The maximum Gasteiger partial charge on any atom is 0.376 e. The predicted molar refractivity (Wildman–Crippen MR) is 80.0 cm³/mol. The van der Waals surface area contributed by atoms with Gasteiger partial charge in [0.1, 0.15) is 0 Å². The summed E-state index contributed by atoms with van der Waals surface area (Å²) in [7, 11) is 0. The molecule has 0 fully saturated rings. The second-order valence-electron chi connectivity index (χ2n) is 3.88. The van der Waals surface area contributed by atoms with Crippen LogP contribution in [-0.4, -0.2) is 17.6 Å². The highest BCUT2D eigenvalue weighted by molar-refractivity contribution is 14.1. The number of carbonyl (C=O) groups is 1. The number of rotatable bonds is 4. The van der Waals surface area contributed by atoms with Gasteiger partial charge in [-0.1, -0.05) is 6.92 Å². The van der Waals surface area contributed by atoms with Crippen LogP contribution in [0, 0.1) is 3.57 Å². The van der Waals surface area contributed by atoms with Crippen LogP contribution in [0.5, 0.6) is 0 Å². The molecule has 1 aromatic heterocycles. The van der Waals surface area contributed by atoms with Crippen molar-refractivity contribution in [1.29, 1.82) is 0 Å². The molecular weight excluding hydrogens is 357 g/mol. The van der Waals surface area contributed by atoms with Crippen molar-refractivity contribution in [3.8, 4) is 11.5 Å². The predicted octanol–water partition coefficient (Wildman–Crippen LogP) is 3.69. The molecule has 0 aliphatic heterocycles. The molecular formula is C14H14INO3. The highest BCUT2D eigenvalue weighted by Gasteiger charge is 2.20. The normalized spacial score (nSPS) is 10.5. The zero-order chi connectivity index (χ0) is 13.8. The molecule has 1 aromatic carbocycles. The summed E-state index contributed by atoms with van der Waals surface area (Å²) >= 11 is 2.23. The Balaban J connectivity index is 2.38. The Kier molecular flexibility index (Phi) is 4.57. The summed E-state index contributed by atoms with van der Waals surface area (Å²) in [6.45, 7) is 4.01. The number of ether oxygens (including phenoxy) is 1. The van der Waals surface area contributed by atoms with Crippen molar-refractivity contribution in [1.82, 2.24) is 4.98 Å². The van der Waals surface area contributed by atoms with Crippen molar-refractivity contribution >= 4 is 28.6 Å².